The fourth-order valence-corrected chi connectivity index (χ4v) is 2.31. The van der Waals surface area contributed by atoms with Gasteiger partial charge in [-0.2, -0.15) is 0 Å². The fraction of sp³-hybridized carbons (Fsp3) is 0.200. The maximum absolute atomic E-state index is 11.9. The molecule has 2 aromatic carbocycles. The molecule has 0 radical (unpaired) electrons. The van der Waals surface area contributed by atoms with Gasteiger partial charge in [0.05, 0.1) is 11.5 Å². The number of hydrogen-bond acceptors (Lipinski definition) is 5. The molecule has 0 saturated carbocycles. The Kier molecular flexibility index (Phi) is 7.65. The summed E-state index contributed by atoms with van der Waals surface area (Å²) in [4.78, 5) is 22.1. The highest BCUT2D eigenvalue weighted by Crippen LogP contribution is 2.16. The van der Waals surface area contributed by atoms with E-state index in [0.717, 1.165) is 11.4 Å². The Bertz CT molecular complexity index is 862. The van der Waals surface area contributed by atoms with Crippen LogP contribution < -0.4 is 15.4 Å². The van der Waals surface area contributed by atoms with E-state index in [2.05, 4.69) is 24.5 Å². The number of ether oxygens (including phenoxy) is 1. The lowest BCUT2D eigenvalue weighted by molar-refractivity contribution is -0.384. The minimum Gasteiger partial charge on any atom is -0.493 e. The first kappa shape index (κ1) is 21.0. The van der Waals surface area contributed by atoms with Crippen LogP contribution in [-0.4, -0.2) is 22.5 Å². The normalized spacial score (nSPS) is 10.7. The van der Waals surface area contributed by atoms with Crippen molar-refractivity contribution >= 4 is 40.7 Å². The molecule has 0 spiro atoms. The number of rotatable bonds is 7. The highest BCUT2D eigenvalue weighted by Gasteiger charge is 2.04. The Hall–Kier alpha value is -3.26. The summed E-state index contributed by atoms with van der Waals surface area (Å²) in [7, 11) is 0. The van der Waals surface area contributed by atoms with E-state index in [1.54, 1.807) is 30.3 Å². The van der Waals surface area contributed by atoms with Gasteiger partial charge >= 0.3 is 0 Å². The van der Waals surface area contributed by atoms with Crippen LogP contribution >= 0.6 is 12.2 Å². The standard InChI is InChI=1S/C20H21N3O4S/c1-14(2)13-27-18-10-6-16(7-11-18)21-20(28)22-19(24)12-5-15-3-8-17(9-4-15)23(25)26/h3-12,14H,13H2,1-2H3,(H2,21,22,24,28)/b12-5+. The van der Waals surface area contributed by atoms with Crippen molar-refractivity contribution in [2.24, 2.45) is 5.92 Å². The predicted octanol–water partition coefficient (Wildman–Crippen LogP) is 4.16. The maximum Gasteiger partial charge on any atom is 0.269 e. The summed E-state index contributed by atoms with van der Waals surface area (Å²) in [6.07, 6.45) is 2.85. The van der Waals surface area contributed by atoms with E-state index in [1.165, 1.54) is 18.2 Å². The van der Waals surface area contributed by atoms with Gasteiger partial charge < -0.3 is 10.1 Å². The van der Waals surface area contributed by atoms with E-state index in [1.807, 2.05) is 12.1 Å². The maximum atomic E-state index is 11.9. The first-order chi connectivity index (χ1) is 13.3. The number of non-ortho nitro benzene ring substituents is 1. The Morgan fingerprint density at radius 3 is 2.39 bits per heavy atom. The summed E-state index contributed by atoms with van der Waals surface area (Å²) < 4.78 is 5.61. The Morgan fingerprint density at radius 1 is 1.18 bits per heavy atom. The SMILES string of the molecule is CC(C)COc1ccc(NC(=S)NC(=O)/C=C/c2ccc([N+](=O)[O-])cc2)cc1. The molecule has 8 heteroatoms. The van der Waals surface area contributed by atoms with Gasteiger partial charge in [0.15, 0.2) is 5.11 Å². The van der Waals surface area contributed by atoms with Gasteiger partial charge in [0.1, 0.15) is 5.75 Å². The van der Waals surface area contributed by atoms with Crippen LogP contribution in [0, 0.1) is 16.0 Å². The van der Waals surface area contributed by atoms with Gasteiger partial charge in [-0.15, -0.1) is 0 Å². The molecule has 0 aliphatic rings. The molecule has 2 N–H and O–H groups in total. The Morgan fingerprint density at radius 2 is 1.82 bits per heavy atom. The van der Waals surface area contributed by atoms with Crippen LogP contribution in [0.4, 0.5) is 11.4 Å². The molecule has 0 fully saturated rings. The highest BCUT2D eigenvalue weighted by atomic mass is 32.1. The number of carbonyl (C=O) groups is 1. The second-order valence-corrected chi connectivity index (χ2v) is 6.76. The smallest absolute Gasteiger partial charge is 0.269 e. The number of nitro benzene ring substituents is 1. The molecule has 0 saturated heterocycles. The molecular weight excluding hydrogens is 378 g/mol. The molecule has 2 aromatic rings. The van der Waals surface area contributed by atoms with Gasteiger partial charge in [0.2, 0.25) is 5.91 Å². The molecule has 28 heavy (non-hydrogen) atoms. The molecule has 0 aliphatic heterocycles. The Labute approximate surface area is 168 Å². The van der Waals surface area contributed by atoms with Crippen LogP contribution in [0.5, 0.6) is 5.75 Å². The minimum atomic E-state index is -0.479. The van der Waals surface area contributed by atoms with Crippen molar-refractivity contribution in [1.29, 1.82) is 0 Å². The number of amides is 1. The van der Waals surface area contributed by atoms with Crippen molar-refractivity contribution in [2.45, 2.75) is 13.8 Å². The first-order valence-corrected chi connectivity index (χ1v) is 9.01. The van der Waals surface area contributed by atoms with E-state index in [0.29, 0.717) is 18.1 Å². The summed E-state index contributed by atoms with van der Waals surface area (Å²) in [6.45, 7) is 4.79. The van der Waals surface area contributed by atoms with Crippen molar-refractivity contribution < 1.29 is 14.5 Å². The van der Waals surface area contributed by atoms with Crippen LogP contribution in [0.3, 0.4) is 0 Å². The van der Waals surface area contributed by atoms with E-state index in [4.69, 9.17) is 17.0 Å². The number of hydrogen-bond donors (Lipinski definition) is 2. The van der Waals surface area contributed by atoms with Crippen molar-refractivity contribution in [1.82, 2.24) is 5.32 Å². The lowest BCUT2D eigenvalue weighted by Gasteiger charge is -2.11. The number of nitro groups is 1. The van der Waals surface area contributed by atoms with Crippen LogP contribution in [0.1, 0.15) is 19.4 Å². The van der Waals surface area contributed by atoms with Gasteiger partial charge in [-0.3, -0.25) is 20.2 Å². The number of anilines is 1. The molecular formula is C20H21N3O4S. The lowest BCUT2D eigenvalue weighted by atomic mass is 10.2. The molecule has 2 rings (SSSR count). The van der Waals surface area contributed by atoms with E-state index in [-0.39, 0.29) is 10.8 Å². The zero-order valence-corrected chi connectivity index (χ0v) is 16.4. The average Bonchev–Trinajstić information content (AvgIpc) is 2.66. The molecule has 0 aliphatic carbocycles. The van der Waals surface area contributed by atoms with Gasteiger partial charge in [-0.25, -0.2) is 0 Å². The number of benzene rings is 2. The minimum absolute atomic E-state index is 0.00685. The van der Waals surface area contributed by atoms with Crippen LogP contribution in [-0.2, 0) is 4.79 Å². The second kappa shape index (κ2) is 10.2. The van der Waals surface area contributed by atoms with E-state index in [9.17, 15) is 14.9 Å². The van der Waals surface area contributed by atoms with E-state index < -0.39 is 10.8 Å². The molecule has 146 valence electrons. The zero-order chi connectivity index (χ0) is 20.5. The summed E-state index contributed by atoms with van der Waals surface area (Å²) in [5.41, 5.74) is 1.38. The molecule has 0 heterocycles. The van der Waals surface area contributed by atoms with Crippen LogP contribution in [0.2, 0.25) is 0 Å². The van der Waals surface area contributed by atoms with Crippen LogP contribution in [0.15, 0.2) is 54.6 Å². The van der Waals surface area contributed by atoms with Gasteiger partial charge in [0, 0.05) is 23.9 Å². The summed E-state index contributed by atoms with van der Waals surface area (Å²) in [5, 5.41) is 16.2. The molecule has 7 nitrogen and oxygen atoms in total. The summed E-state index contributed by atoms with van der Waals surface area (Å²) >= 11 is 5.12. The molecule has 1 amide bonds. The Balaban J connectivity index is 1.83. The highest BCUT2D eigenvalue weighted by molar-refractivity contribution is 7.80. The first-order valence-electron chi connectivity index (χ1n) is 8.61. The topological polar surface area (TPSA) is 93.5 Å². The fourth-order valence-electron chi connectivity index (χ4n) is 2.09. The van der Waals surface area contributed by atoms with Crippen LogP contribution in [0.25, 0.3) is 6.08 Å². The lowest BCUT2D eigenvalue weighted by Crippen LogP contribution is -2.32. The molecule has 0 atom stereocenters. The predicted molar refractivity (Wildman–Crippen MR) is 113 cm³/mol. The van der Waals surface area contributed by atoms with Gasteiger partial charge in [0.25, 0.3) is 5.69 Å². The third kappa shape index (κ3) is 7.16. The average molecular weight is 399 g/mol. The molecule has 0 unspecified atom stereocenters. The van der Waals surface area contributed by atoms with E-state index >= 15 is 0 Å². The third-order valence-electron chi connectivity index (χ3n) is 3.46. The van der Waals surface area contributed by atoms with Crippen molar-refractivity contribution in [3.05, 3.63) is 70.3 Å². The second-order valence-electron chi connectivity index (χ2n) is 6.35. The number of nitrogens with one attached hydrogen (secondary N) is 2. The third-order valence-corrected chi connectivity index (χ3v) is 3.67. The van der Waals surface area contributed by atoms with Crippen molar-refractivity contribution in [3.8, 4) is 5.75 Å². The van der Waals surface area contributed by atoms with Gasteiger partial charge in [-0.05, 0) is 66.2 Å². The van der Waals surface area contributed by atoms with Gasteiger partial charge in [-0.1, -0.05) is 13.8 Å². The van der Waals surface area contributed by atoms with Crippen molar-refractivity contribution in [3.63, 3.8) is 0 Å². The monoisotopic (exact) mass is 399 g/mol. The molecule has 0 bridgehead atoms. The summed E-state index contributed by atoms with van der Waals surface area (Å²) in [5.74, 6) is 0.799. The molecule has 0 aromatic heterocycles. The summed E-state index contributed by atoms with van der Waals surface area (Å²) in [6, 6.07) is 13.1. The zero-order valence-electron chi connectivity index (χ0n) is 15.5. The largest absolute Gasteiger partial charge is 0.493 e. The number of thiocarbonyl (C=S) groups is 1. The number of nitrogens with zero attached hydrogens (tertiary/aromatic N) is 1. The van der Waals surface area contributed by atoms with Crippen molar-refractivity contribution in [2.75, 3.05) is 11.9 Å². The quantitative estimate of drug-likeness (QED) is 0.314. The number of carbonyl (C=O) groups excluding carboxylic acids is 1.